The third kappa shape index (κ3) is 3.79. The normalized spacial score (nSPS) is 11.9. The summed E-state index contributed by atoms with van der Waals surface area (Å²) in [5.41, 5.74) is 3.06. The maximum Gasteiger partial charge on any atom is 0.0713 e. The number of aliphatic hydroxyl groups excluding tert-OH is 1. The molecule has 0 heterocycles. The number of nitrogens with one attached hydrogen (secondary N) is 2. The van der Waals surface area contributed by atoms with Crippen LogP contribution in [0, 0.1) is 6.92 Å². The van der Waals surface area contributed by atoms with Crippen molar-refractivity contribution in [1.29, 1.82) is 0 Å². The molecule has 0 spiro atoms. The molecular weight excluding hydrogens is 224 g/mol. The molecule has 2 aromatic rings. The summed E-state index contributed by atoms with van der Waals surface area (Å²) in [6, 6.07) is 17.9. The van der Waals surface area contributed by atoms with Gasteiger partial charge >= 0.3 is 0 Å². The van der Waals surface area contributed by atoms with E-state index in [1.165, 1.54) is 0 Å². The summed E-state index contributed by atoms with van der Waals surface area (Å²) < 4.78 is 0. The second kappa shape index (κ2) is 6.07. The van der Waals surface area contributed by atoms with Gasteiger partial charge in [0.15, 0.2) is 0 Å². The summed E-state index contributed by atoms with van der Waals surface area (Å²) in [6.45, 7) is 3.96. The predicted molar refractivity (Wildman–Crippen MR) is 76.0 cm³/mol. The van der Waals surface area contributed by atoms with E-state index in [9.17, 15) is 0 Å². The summed E-state index contributed by atoms with van der Waals surface area (Å²) in [5, 5.41) is 15.5. The van der Waals surface area contributed by atoms with Gasteiger partial charge in [0.05, 0.1) is 6.10 Å². The van der Waals surface area contributed by atoms with Gasteiger partial charge in [-0.15, -0.1) is 0 Å². The molecule has 18 heavy (non-hydrogen) atoms. The molecule has 1 atom stereocenters. The smallest absolute Gasteiger partial charge is 0.0713 e. The minimum atomic E-state index is -0.591. The van der Waals surface area contributed by atoms with E-state index < -0.39 is 6.10 Å². The molecule has 0 aliphatic heterocycles. The van der Waals surface area contributed by atoms with E-state index in [1.54, 1.807) is 0 Å². The van der Waals surface area contributed by atoms with E-state index in [1.807, 2.05) is 54.6 Å². The summed E-state index contributed by atoms with van der Waals surface area (Å²) in [4.78, 5) is 0. The van der Waals surface area contributed by atoms with Crippen LogP contribution in [0.15, 0.2) is 54.6 Å². The molecule has 0 aromatic heterocycles. The molecule has 0 aliphatic rings. The Balaban J connectivity index is 1.95. The molecule has 3 nitrogen and oxygen atoms in total. The van der Waals surface area contributed by atoms with Crippen molar-refractivity contribution in [3.63, 3.8) is 0 Å². The van der Waals surface area contributed by atoms with E-state index >= 15 is 0 Å². The Hall–Kier alpha value is -2.00. The van der Waals surface area contributed by atoms with Crippen molar-refractivity contribution in [3.8, 4) is 0 Å². The lowest BCUT2D eigenvalue weighted by molar-refractivity contribution is 0.234. The third-order valence-corrected chi connectivity index (χ3v) is 2.49. The van der Waals surface area contributed by atoms with Crippen LogP contribution in [0.4, 0.5) is 17.1 Å². The quantitative estimate of drug-likeness (QED) is 0.754. The highest BCUT2D eigenvalue weighted by atomic mass is 16.3. The van der Waals surface area contributed by atoms with Crippen LogP contribution in [0.1, 0.15) is 0 Å². The van der Waals surface area contributed by atoms with Gasteiger partial charge in [-0.3, -0.25) is 0 Å². The Kier molecular flexibility index (Phi) is 4.20. The largest absolute Gasteiger partial charge is 0.391 e. The Morgan fingerprint density at radius 1 is 0.889 bits per heavy atom. The van der Waals surface area contributed by atoms with Gasteiger partial charge in [0.1, 0.15) is 0 Å². The summed E-state index contributed by atoms with van der Waals surface area (Å²) >= 11 is 0. The fourth-order valence-corrected chi connectivity index (χ4v) is 1.60. The molecule has 0 aliphatic carbocycles. The van der Waals surface area contributed by atoms with Gasteiger partial charge in [0.2, 0.25) is 0 Å². The first-order chi connectivity index (χ1) is 8.74. The van der Waals surface area contributed by atoms with Crippen LogP contribution in [0.2, 0.25) is 0 Å². The van der Waals surface area contributed by atoms with Crippen molar-refractivity contribution < 1.29 is 5.11 Å². The van der Waals surface area contributed by atoms with Gasteiger partial charge in [-0.2, -0.15) is 0 Å². The topological polar surface area (TPSA) is 44.3 Å². The number of anilines is 3. The lowest BCUT2D eigenvalue weighted by atomic mass is 10.2. The van der Waals surface area contributed by atoms with Crippen molar-refractivity contribution in [1.82, 2.24) is 0 Å². The summed E-state index contributed by atoms with van der Waals surface area (Å²) in [5.74, 6) is 0. The van der Waals surface area contributed by atoms with Crippen molar-refractivity contribution >= 4 is 17.1 Å². The molecule has 2 aromatic carbocycles. The predicted octanol–water partition coefficient (Wildman–Crippen LogP) is 3.04. The fourth-order valence-electron chi connectivity index (χ4n) is 1.60. The fraction of sp³-hybridized carbons (Fsp3) is 0.133. The zero-order valence-corrected chi connectivity index (χ0v) is 10.1. The molecule has 0 saturated carbocycles. The van der Waals surface area contributed by atoms with Crippen molar-refractivity contribution in [3.05, 3.63) is 61.5 Å². The first-order valence-electron chi connectivity index (χ1n) is 5.91. The number of aliphatic hydroxyl groups is 1. The number of para-hydroxylation sites is 1. The van der Waals surface area contributed by atoms with E-state index in [-0.39, 0.29) is 0 Å². The highest BCUT2D eigenvalue weighted by Gasteiger charge is 1.97. The maximum atomic E-state index is 9.08. The minimum Gasteiger partial charge on any atom is -0.391 e. The third-order valence-electron chi connectivity index (χ3n) is 2.49. The monoisotopic (exact) mass is 241 g/mol. The molecule has 0 saturated heterocycles. The van der Waals surface area contributed by atoms with Gasteiger partial charge < -0.3 is 15.7 Å². The molecule has 2 rings (SSSR count). The second-order valence-corrected chi connectivity index (χ2v) is 4.10. The molecule has 3 N–H and O–H groups in total. The standard InChI is InChI=1S/C15H17N2O/c1-12(18)11-16-13-7-9-15(10-8-13)17-14-5-3-2-4-6-14/h2-10,12,16-18H,1,11H2. The van der Waals surface area contributed by atoms with E-state index in [4.69, 9.17) is 5.11 Å². The Morgan fingerprint density at radius 3 is 2.06 bits per heavy atom. The summed E-state index contributed by atoms with van der Waals surface area (Å²) in [7, 11) is 0. The zero-order chi connectivity index (χ0) is 12.8. The van der Waals surface area contributed by atoms with Gasteiger partial charge in [-0.1, -0.05) is 18.2 Å². The molecule has 3 heteroatoms. The maximum absolute atomic E-state index is 9.08. The van der Waals surface area contributed by atoms with Gasteiger partial charge in [-0.25, -0.2) is 0 Å². The van der Waals surface area contributed by atoms with Crippen LogP contribution in [0.5, 0.6) is 0 Å². The van der Waals surface area contributed by atoms with Gasteiger partial charge in [0, 0.05) is 23.6 Å². The molecule has 1 unspecified atom stereocenters. The highest BCUT2D eigenvalue weighted by molar-refractivity contribution is 5.62. The molecule has 1 radical (unpaired) electrons. The Labute approximate surface area is 107 Å². The summed E-state index contributed by atoms with van der Waals surface area (Å²) in [6.07, 6.45) is -0.591. The SMILES string of the molecule is [CH2]C(O)CNc1ccc(Nc2ccccc2)cc1. The van der Waals surface area contributed by atoms with Crippen LogP contribution in [-0.4, -0.2) is 17.8 Å². The van der Waals surface area contributed by atoms with Crippen LogP contribution < -0.4 is 10.6 Å². The first-order valence-corrected chi connectivity index (χ1v) is 5.91. The Morgan fingerprint density at radius 2 is 1.44 bits per heavy atom. The van der Waals surface area contributed by atoms with E-state index in [0.717, 1.165) is 17.1 Å². The lowest BCUT2D eigenvalue weighted by Gasteiger charge is -2.10. The highest BCUT2D eigenvalue weighted by Crippen LogP contribution is 2.18. The van der Waals surface area contributed by atoms with Crippen LogP contribution in [0.3, 0.4) is 0 Å². The number of hydrogen-bond acceptors (Lipinski definition) is 3. The average Bonchev–Trinajstić information content (AvgIpc) is 2.39. The van der Waals surface area contributed by atoms with Gasteiger partial charge in [-0.05, 0) is 43.3 Å². The van der Waals surface area contributed by atoms with Gasteiger partial charge in [0.25, 0.3) is 0 Å². The van der Waals surface area contributed by atoms with E-state index in [0.29, 0.717) is 6.54 Å². The van der Waals surface area contributed by atoms with E-state index in [2.05, 4.69) is 17.6 Å². The van der Waals surface area contributed by atoms with Crippen molar-refractivity contribution in [2.45, 2.75) is 6.10 Å². The van der Waals surface area contributed by atoms with Crippen LogP contribution in [-0.2, 0) is 0 Å². The van der Waals surface area contributed by atoms with Crippen LogP contribution in [0.25, 0.3) is 0 Å². The molecule has 0 fully saturated rings. The molecular formula is C15H17N2O. The first kappa shape index (κ1) is 12.5. The van der Waals surface area contributed by atoms with Crippen molar-refractivity contribution in [2.24, 2.45) is 0 Å². The minimum absolute atomic E-state index is 0.450. The zero-order valence-electron chi connectivity index (χ0n) is 10.1. The number of benzene rings is 2. The average molecular weight is 241 g/mol. The molecule has 0 bridgehead atoms. The van der Waals surface area contributed by atoms with Crippen molar-refractivity contribution in [2.75, 3.05) is 17.2 Å². The molecule has 93 valence electrons. The number of hydrogen-bond donors (Lipinski definition) is 3. The lowest BCUT2D eigenvalue weighted by Crippen LogP contribution is -2.15. The number of rotatable bonds is 5. The Bertz CT molecular complexity index is 466. The second-order valence-electron chi connectivity index (χ2n) is 4.10. The van der Waals surface area contributed by atoms with Crippen LogP contribution >= 0.6 is 0 Å². The molecule has 0 amide bonds.